The van der Waals surface area contributed by atoms with E-state index >= 15 is 0 Å². The zero-order valence-corrected chi connectivity index (χ0v) is 11.2. The molecule has 20 heavy (non-hydrogen) atoms. The predicted octanol–water partition coefficient (Wildman–Crippen LogP) is 0.328. The molecule has 1 aliphatic rings. The molecule has 1 unspecified atom stereocenters. The van der Waals surface area contributed by atoms with Gasteiger partial charge in [0, 0.05) is 12.1 Å². The van der Waals surface area contributed by atoms with Crippen LogP contribution in [0.2, 0.25) is 0 Å². The summed E-state index contributed by atoms with van der Waals surface area (Å²) >= 11 is 0. The van der Waals surface area contributed by atoms with E-state index < -0.39 is 6.04 Å². The Labute approximate surface area is 116 Å². The van der Waals surface area contributed by atoms with Crippen LogP contribution in [-0.4, -0.2) is 30.3 Å². The first-order valence-corrected chi connectivity index (χ1v) is 6.48. The summed E-state index contributed by atoms with van der Waals surface area (Å²) in [6.45, 7) is 1.97. The Bertz CT molecular complexity index is 542. The van der Waals surface area contributed by atoms with E-state index in [1.54, 1.807) is 6.07 Å². The maximum Gasteiger partial charge on any atom is 0.243 e. The smallest absolute Gasteiger partial charge is 0.243 e. The number of carbonyl (C=O) groups excluding carboxylic acids is 3. The molecule has 106 valence electrons. The number of amides is 3. The molecule has 0 radical (unpaired) electrons. The van der Waals surface area contributed by atoms with E-state index in [4.69, 9.17) is 0 Å². The summed E-state index contributed by atoms with van der Waals surface area (Å²) in [4.78, 5) is 34.3. The molecule has 1 heterocycles. The van der Waals surface area contributed by atoms with Gasteiger partial charge in [0.1, 0.15) is 0 Å². The standard InChI is InChI=1S/C14H17N3O3/c1-9-3-2-4-10(7-9)16-13(19)8-15-11-5-6-12(18)17-14(11)20/h2-4,7,11,15H,5-6,8H2,1H3,(H,16,19)(H,17,18,20). The van der Waals surface area contributed by atoms with E-state index in [0.29, 0.717) is 12.8 Å². The molecule has 6 heteroatoms. The minimum absolute atomic E-state index is 0.0280. The van der Waals surface area contributed by atoms with Gasteiger partial charge in [-0.1, -0.05) is 12.1 Å². The van der Waals surface area contributed by atoms with Gasteiger partial charge < -0.3 is 5.32 Å². The lowest BCUT2D eigenvalue weighted by Crippen LogP contribution is -2.52. The summed E-state index contributed by atoms with van der Waals surface area (Å²) in [5.41, 5.74) is 1.78. The Hall–Kier alpha value is -2.21. The first-order chi connectivity index (χ1) is 9.54. The molecule has 3 amide bonds. The average molecular weight is 275 g/mol. The molecule has 1 atom stereocenters. The first kappa shape index (κ1) is 14.2. The lowest BCUT2D eigenvalue weighted by atomic mass is 10.1. The summed E-state index contributed by atoms with van der Waals surface area (Å²) in [6, 6.07) is 6.98. The highest BCUT2D eigenvalue weighted by molar-refractivity contribution is 6.00. The van der Waals surface area contributed by atoms with Gasteiger partial charge in [-0.05, 0) is 31.0 Å². The van der Waals surface area contributed by atoms with Gasteiger partial charge in [0.05, 0.1) is 12.6 Å². The number of carbonyl (C=O) groups is 3. The molecule has 0 aromatic heterocycles. The van der Waals surface area contributed by atoms with Crippen molar-refractivity contribution in [1.29, 1.82) is 0 Å². The summed E-state index contributed by atoms with van der Waals surface area (Å²) in [5.74, 6) is -0.859. The van der Waals surface area contributed by atoms with E-state index in [1.807, 2.05) is 25.1 Å². The second-order valence-corrected chi connectivity index (χ2v) is 4.80. The lowest BCUT2D eigenvalue weighted by Gasteiger charge is -2.21. The first-order valence-electron chi connectivity index (χ1n) is 6.48. The summed E-state index contributed by atoms with van der Waals surface area (Å²) in [5, 5.41) is 7.83. The molecule has 1 saturated heterocycles. The van der Waals surface area contributed by atoms with Gasteiger partial charge in [-0.15, -0.1) is 0 Å². The highest BCUT2D eigenvalue weighted by atomic mass is 16.2. The molecule has 2 rings (SSSR count). The van der Waals surface area contributed by atoms with Crippen LogP contribution in [0.15, 0.2) is 24.3 Å². The number of imide groups is 1. The summed E-state index contributed by atoms with van der Waals surface area (Å²) in [6.07, 6.45) is 0.714. The van der Waals surface area contributed by atoms with Crippen molar-refractivity contribution in [2.24, 2.45) is 0 Å². The number of nitrogens with one attached hydrogen (secondary N) is 3. The minimum Gasteiger partial charge on any atom is -0.325 e. The van der Waals surface area contributed by atoms with Crippen molar-refractivity contribution in [3.63, 3.8) is 0 Å². The molecule has 6 nitrogen and oxygen atoms in total. The maximum atomic E-state index is 11.8. The zero-order chi connectivity index (χ0) is 14.5. The van der Waals surface area contributed by atoms with Crippen molar-refractivity contribution < 1.29 is 14.4 Å². The normalized spacial score (nSPS) is 18.6. The van der Waals surface area contributed by atoms with Gasteiger partial charge in [-0.25, -0.2) is 0 Å². The molecular formula is C14H17N3O3. The second-order valence-electron chi connectivity index (χ2n) is 4.80. The van der Waals surface area contributed by atoms with Gasteiger partial charge >= 0.3 is 0 Å². The van der Waals surface area contributed by atoms with Gasteiger partial charge in [-0.3, -0.25) is 25.0 Å². The van der Waals surface area contributed by atoms with Gasteiger partial charge in [0.25, 0.3) is 0 Å². The van der Waals surface area contributed by atoms with Gasteiger partial charge in [0.15, 0.2) is 0 Å². The fourth-order valence-corrected chi connectivity index (χ4v) is 2.03. The zero-order valence-electron chi connectivity index (χ0n) is 11.2. The number of benzene rings is 1. The Morgan fingerprint density at radius 2 is 2.20 bits per heavy atom. The van der Waals surface area contributed by atoms with Crippen LogP contribution in [0.3, 0.4) is 0 Å². The molecule has 1 aromatic rings. The van der Waals surface area contributed by atoms with Crippen molar-refractivity contribution in [3.8, 4) is 0 Å². The Balaban J connectivity index is 1.80. The Morgan fingerprint density at radius 3 is 2.90 bits per heavy atom. The highest BCUT2D eigenvalue weighted by Crippen LogP contribution is 2.09. The molecular weight excluding hydrogens is 258 g/mol. The van der Waals surface area contributed by atoms with Crippen molar-refractivity contribution >= 4 is 23.4 Å². The van der Waals surface area contributed by atoms with Crippen LogP contribution in [0.25, 0.3) is 0 Å². The van der Waals surface area contributed by atoms with Crippen LogP contribution >= 0.6 is 0 Å². The number of anilines is 1. The van der Waals surface area contributed by atoms with Crippen LogP contribution in [0.5, 0.6) is 0 Å². The third-order valence-electron chi connectivity index (χ3n) is 3.05. The number of rotatable bonds is 4. The van der Waals surface area contributed by atoms with Crippen LogP contribution in [0, 0.1) is 6.92 Å². The number of aryl methyl sites for hydroxylation is 1. The highest BCUT2D eigenvalue weighted by Gasteiger charge is 2.26. The summed E-state index contributed by atoms with van der Waals surface area (Å²) in [7, 11) is 0. The van der Waals surface area contributed by atoms with Gasteiger partial charge in [0.2, 0.25) is 17.7 Å². The van der Waals surface area contributed by atoms with Crippen molar-refractivity contribution in [1.82, 2.24) is 10.6 Å². The van der Waals surface area contributed by atoms with Gasteiger partial charge in [-0.2, -0.15) is 0 Å². The van der Waals surface area contributed by atoms with Crippen LogP contribution in [-0.2, 0) is 14.4 Å². The minimum atomic E-state index is -0.490. The topological polar surface area (TPSA) is 87.3 Å². The molecule has 1 aromatic carbocycles. The predicted molar refractivity (Wildman–Crippen MR) is 74.0 cm³/mol. The van der Waals surface area contributed by atoms with Crippen LogP contribution in [0.1, 0.15) is 18.4 Å². The van der Waals surface area contributed by atoms with E-state index in [9.17, 15) is 14.4 Å². The SMILES string of the molecule is Cc1cccc(NC(=O)CNC2CCC(=O)NC2=O)c1. The largest absolute Gasteiger partial charge is 0.325 e. The van der Waals surface area contributed by atoms with Crippen LogP contribution < -0.4 is 16.0 Å². The average Bonchev–Trinajstić information content (AvgIpc) is 2.37. The molecule has 1 fully saturated rings. The van der Waals surface area contributed by atoms with Crippen molar-refractivity contribution in [3.05, 3.63) is 29.8 Å². The number of hydrogen-bond acceptors (Lipinski definition) is 4. The number of hydrogen-bond donors (Lipinski definition) is 3. The third-order valence-corrected chi connectivity index (χ3v) is 3.05. The second kappa shape index (κ2) is 6.29. The Morgan fingerprint density at radius 1 is 1.40 bits per heavy atom. The third kappa shape index (κ3) is 3.89. The summed E-state index contributed by atoms with van der Waals surface area (Å²) < 4.78 is 0. The molecule has 0 saturated carbocycles. The molecule has 0 spiro atoms. The quantitative estimate of drug-likeness (QED) is 0.691. The molecule has 1 aliphatic heterocycles. The lowest BCUT2D eigenvalue weighted by molar-refractivity contribution is -0.134. The maximum absolute atomic E-state index is 11.8. The van der Waals surface area contributed by atoms with E-state index in [0.717, 1.165) is 11.3 Å². The van der Waals surface area contributed by atoms with Crippen molar-refractivity contribution in [2.75, 3.05) is 11.9 Å². The number of piperidine rings is 1. The Kier molecular flexibility index (Phi) is 4.47. The van der Waals surface area contributed by atoms with Crippen molar-refractivity contribution in [2.45, 2.75) is 25.8 Å². The molecule has 0 bridgehead atoms. The molecule has 0 aliphatic carbocycles. The monoisotopic (exact) mass is 275 g/mol. The fourth-order valence-electron chi connectivity index (χ4n) is 2.03. The van der Waals surface area contributed by atoms with E-state index in [2.05, 4.69) is 16.0 Å². The van der Waals surface area contributed by atoms with Crippen LogP contribution in [0.4, 0.5) is 5.69 Å². The van der Waals surface area contributed by atoms with E-state index in [-0.39, 0.29) is 24.3 Å². The van der Waals surface area contributed by atoms with E-state index in [1.165, 1.54) is 0 Å². The molecule has 3 N–H and O–H groups in total. The fraction of sp³-hybridized carbons (Fsp3) is 0.357.